The van der Waals surface area contributed by atoms with Gasteiger partial charge in [-0.2, -0.15) is 0 Å². The van der Waals surface area contributed by atoms with Gasteiger partial charge in [0.05, 0.1) is 12.2 Å². The molecule has 1 rings (SSSR count). The third kappa shape index (κ3) is 5.10. The number of nitrogens with one attached hydrogen (secondary N) is 1. The van der Waals surface area contributed by atoms with E-state index >= 15 is 0 Å². The Morgan fingerprint density at radius 3 is 2.76 bits per heavy atom. The fraction of sp³-hybridized carbons (Fsp3) is 0.500. The molecule has 1 amide bonds. The van der Waals surface area contributed by atoms with Gasteiger partial charge in [-0.3, -0.25) is 9.59 Å². The molecule has 1 unspecified atom stereocenters. The highest BCUT2D eigenvalue weighted by atomic mass is 16.5. The summed E-state index contributed by atoms with van der Waals surface area (Å²) in [6.07, 6.45) is 1.94. The lowest BCUT2D eigenvalue weighted by molar-refractivity contribution is -0.127. The van der Waals surface area contributed by atoms with Crippen LogP contribution in [-0.2, 0) is 4.79 Å². The molecule has 0 saturated carbocycles. The van der Waals surface area contributed by atoms with E-state index in [9.17, 15) is 9.59 Å². The SMILES string of the molecule is CCCCNC(=O)C(C)Oc1c(C=O)cccc1OCC. The highest BCUT2D eigenvalue weighted by molar-refractivity contribution is 5.83. The maximum Gasteiger partial charge on any atom is 0.260 e. The minimum absolute atomic E-state index is 0.202. The van der Waals surface area contributed by atoms with Crippen LogP contribution in [0.5, 0.6) is 11.5 Å². The van der Waals surface area contributed by atoms with E-state index in [0.717, 1.165) is 12.8 Å². The zero-order valence-electron chi connectivity index (χ0n) is 12.8. The van der Waals surface area contributed by atoms with Crippen molar-refractivity contribution in [2.45, 2.75) is 39.7 Å². The van der Waals surface area contributed by atoms with Crippen molar-refractivity contribution in [1.29, 1.82) is 0 Å². The second kappa shape index (κ2) is 9.00. The number of carbonyl (C=O) groups excluding carboxylic acids is 2. The van der Waals surface area contributed by atoms with E-state index in [1.165, 1.54) is 0 Å². The molecule has 0 aliphatic heterocycles. The first kappa shape index (κ1) is 17.0. The Balaban J connectivity index is 2.80. The molecule has 0 bridgehead atoms. The number of carbonyl (C=O) groups is 2. The second-order valence-corrected chi connectivity index (χ2v) is 4.63. The monoisotopic (exact) mass is 293 g/mol. The summed E-state index contributed by atoms with van der Waals surface area (Å²) in [6.45, 7) is 6.63. The van der Waals surface area contributed by atoms with Gasteiger partial charge in [0.1, 0.15) is 0 Å². The molecule has 1 N–H and O–H groups in total. The Kier molecular flexibility index (Phi) is 7.29. The van der Waals surface area contributed by atoms with Gasteiger partial charge in [0.15, 0.2) is 23.9 Å². The molecule has 0 fully saturated rings. The van der Waals surface area contributed by atoms with Crippen molar-refractivity contribution in [2.24, 2.45) is 0 Å². The van der Waals surface area contributed by atoms with Crippen molar-refractivity contribution in [3.63, 3.8) is 0 Å². The number of ether oxygens (including phenoxy) is 2. The Bertz CT molecular complexity index is 473. The van der Waals surface area contributed by atoms with Crippen molar-refractivity contribution in [1.82, 2.24) is 5.32 Å². The maximum absolute atomic E-state index is 11.9. The Morgan fingerprint density at radius 2 is 2.14 bits per heavy atom. The predicted molar refractivity (Wildman–Crippen MR) is 81.0 cm³/mol. The smallest absolute Gasteiger partial charge is 0.260 e. The van der Waals surface area contributed by atoms with E-state index in [2.05, 4.69) is 12.2 Å². The fourth-order valence-corrected chi connectivity index (χ4v) is 1.78. The van der Waals surface area contributed by atoms with Crippen molar-refractivity contribution >= 4 is 12.2 Å². The van der Waals surface area contributed by atoms with Gasteiger partial charge in [-0.05, 0) is 32.4 Å². The molecule has 0 aliphatic carbocycles. The molecule has 5 heteroatoms. The fourth-order valence-electron chi connectivity index (χ4n) is 1.78. The van der Waals surface area contributed by atoms with Crippen molar-refractivity contribution in [3.05, 3.63) is 23.8 Å². The largest absolute Gasteiger partial charge is 0.490 e. The lowest BCUT2D eigenvalue weighted by atomic mass is 10.2. The number of hydrogen-bond donors (Lipinski definition) is 1. The number of benzene rings is 1. The van der Waals surface area contributed by atoms with Gasteiger partial charge in [-0.25, -0.2) is 0 Å². The normalized spacial score (nSPS) is 11.6. The maximum atomic E-state index is 11.9. The molecule has 0 spiro atoms. The van der Waals surface area contributed by atoms with Crippen LogP contribution in [-0.4, -0.2) is 31.4 Å². The van der Waals surface area contributed by atoms with E-state index in [4.69, 9.17) is 9.47 Å². The molecule has 0 aliphatic rings. The standard InChI is InChI=1S/C16H23NO4/c1-4-6-10-17-16(19)12(3)21-15-13(11-18)8-7-9-14(15)20-5-2/h7-9,11-12H,4-6,10H2,1-3H3,(H,17,19). The minimum atomic E-state index is -0.692. The summed E-state index contributed by atoms with van der Waals surface area (Å²) >= 11 is 0. The summed E-state index contributed by atoms with van der Waals surface area (Å²) < 4.78 is 11.1. The molecule has 0 aromatic heterocycles. The summed E-state index contributed by atoms with van der Waals surface area (Å²) in [6, 6.07) is 5.06. The molecule has 0 heterocycles. The van der Waals surface area contributed by atoms with Crippen LogP contribution in [0.1, 0.15) is 44.0 Å². The zero-order valence-corrected chi connectivity index (χ0v) is 12.8. The van der Waals surface area contributed by atoms with Crippen LogP contribution >= 0.6 is 0 Å². The van der Waals surface area contributed by atoms with Crippen LogP contribution in [0.25, 0.3) is 0 Å². The Labute approximate surface area is 125 Å². The number of aldehydes is 1. The van der Waals surface area contributed by atoms with Crippen LogP contribution in [0, 0.1) is 0 Å². The lowest BCUT2D eigenvalue weighted by Crippen LogP contribution is -2.37. The van der Waals surface area contributed by atoms with Gasteiger partial charge in [0, 0.05) is 6.54 Å². The predicted octanol–water partition coefficient (Wildman–Crippen LogP) is 2.58. The van der Waals surface area contributed by atoms with E-state index in [0.29, 0.717) is 36.5 Å². The number of amides is 1. The molecule has 5 nitrogen and oxygen atoms in total. The number of unbranched alkanes of at least 4 members (excludes halogenated alkanes) is 1. The zero-order chi connectivity index (χ0) is 15.7. The van der Waals surface area contributed by atoms with Crippen LogP contribution in [0.4, 0.5) is 0 Å². The van der Waals surface area contributed by atoms with Gasteiger partial charge in [0.2, 0.25) is 0 Å². The molecular weight excluding hydrogens is 270 g/mol. The highest BCUT2D eigenvalue weighted by Gasteiger charge is 2.19. The third-order valence-corrected chi connectivity index (χ3v) is 2.93. The molecule has 1 atom stereocenters. The highest BCUT2D eigenvalue weighted by Crippen LogP contribution is 2.31. The van der Waals surface area contributed by atoms with E-state index in [1.54, 1.807) is 25.1 Å². The van der Waals surface area contributed by atoms with Crippen LogP contribution < -0.4 is 14.8 Å². The van der Waals surface area contributed by atoms with Gasteiger partial charge >= 0.3 is 0 Å². The second-order valence-electron chi connectivity index (χ2n) is 4.63. The summed E-state index contributed by atoms with van der Waals surface area (Å²) in [4.78, 5) is 23.0. The number of hydrogen-bond acceptors (Lipinski definition) is 4. The summed E-state index contributed by atoms with van der Waals surface area (Å²) in [5, 5.41) is 2.80. The van der Waals surface area contributed by atoms with Crippen LogP contribution in [0.2, 0.25) is 0 Å². The average molecular weight is 293 g/mol. The number of rotatable bonds is 9. The van der Waals surface area contributed by atoms with Gasteiger partial charge < -0.3 is 14.8 Å². The Hall–Kier alpha value is -2.04. The van der Waals surface area contributed by atoms with E-state index in [-0.39, 0.29) is 5.91 Å². The first-order chi connectivity index (χ1) is 10.1. The molecular formula is C16H23NO4. The minimum Gasteiger partial charge on any atom is -0.490 e. The quantitative estimate of drug-likeness (QED) is 0.561. The summed E-state index contributed by atoms with van der Waals surface area (Å²) in [5.41, 5.74) is 0.370. The molecule has 116 valence electrons. The first-order valence-electron chi connectivity index (χ1n) is 7.29. The van der Waals surface area contributed by atoms with Gasteiger partial charge in [0.25, 0.3) is 5.91 Å². The first-order valence-corrected chi connectivity index (χ1v) is 7.29. The average Bonchev–Trinajstić information content (AvgIpc) is 2.49. The van der Waals surface area contributed by atoms with Crippen molar-refractivity contribution in [2.75, 3.05) is 13.2 Å². The molecule has 0 saturated heterocycles. The van der Waals surface area contributed by atoms with Crippen LogP contribution in [0.3, 0.4) is 0 Å². The molecule has 21 heavy (non-hydrogen) atoms. The number of para-hydroxylation sites is 1. The molecule has 1 aromatic rings. The lowest BCUT2D eigenvalue weighted by Gasteiger charge is -2.18. The molecule has 0 radical (unpaired) electrons. The van der Waals surface area contributed by atoms with Gasteiger partial charge in [-0.15, -0.1) is 0 Å². The van der Waals surface area contributed by atoms with Gasteiger partial charge in [-0.1, -0.05) is 19.4 Å². The summed E-state index contributed by atoms with van der Waals surface area (Å²) in [7, 11) is 0. The van der Waals surface area contributed by atoms with Crippen LogP contribution in [0.15, 0.2) is 18.2 Å². The summed E-state index contributed by atoms with van der Waals surface area (Å²) in [5.74, 6) is 0.578. The van der Waals surface area contributed by atoms with Crippen molar-refractivity contribution < 1.29 is 19.1 Å². The third-order valence-electron chi connectivity index (χ3n) is 2.93. The molecule has 1 aromatic carbocycles. The van der Waals surface area contributed by atoms with Crippen molar-refractivity contribution in [3.8, 4) is 11.5 Å². The topological polar surface area (TPSA) is 64.6 Å². The van der Waals surface area contributed by atoms with E-state index < -0.39 is 6.10 Å². The Morgan fingerprint density at radius 1 is 1.38 bits per heavy atom. The van der Waals surface area contributed by atoms with E-state index in [1.807, 2.05) is 6.92 Å².